The summed E-state index contributed by atoms with van der Waals surface area (Å²) in [6, 6.07) is 15.3. The second-order valence-electron chi connectivity index (χ2n) is 9.27. The molecule has 178 valence electrons. The highest BCUT2D eigenvalue weighted by Crippen LogP contribution is 2.50. The molecule has 0 saturated heterocycles. The molecule has 1 aliphatic carbocycles. The minimum atomic E-state index is -0.755. The lowest BCUT2D eigenvalue weighted by Gasteiger charge is -2.38. The van der Waals surface area contributed by atoms with E-state index in [1.54, 1.807) is 6.92 Å². The van der Waals surface area contributed by atoms with Crippen LogP contribution in [0.4, 0.5) is 0 Å². The minimum Gasteiger partial charge on any atom is -0.489 e. The van der Waals surface area contributed by atoms with Crippen molar-refractivity contribution >= 4 is 27.7 Å². The second kappa shape index (κ2) is 9.66. The molecule has 1 heterocycles. The van der Waals surface area contributed by atoms with Crippen molar-refractivity contribution in [1.29, 1.82) is 0 Å². The predicted molar refractivity (Wildman–Crippen MR) is 132 cm³/mol. The Balaban J connectivity index is 1.85. The molecule has 6 nitrogen and oxygen atoms in total. The van der Waals surface area contributed by atoms with Crippen LogP contribution in [-0.4, -0.2) is 18.4 Å². The number of carbonyl (C=O) groups excluding carboxylic acids is 2. The number of rotatable bonds is 6. The van der Waals surface area contributed by atoms with Crippen molar-refractivity contribution < 1.29 is 23.8 Å². The Morgan fingerprint density at radius 1 is 1.18 bits per heavy atom. The average molecular weight is 526 g/mol. The maximum absolute atomic E-state index is 13.4. The number of esters is 1. The molecule has 1 unspecified atom stereocenters. The fraction of sp³-hybridized carbons (Fsp3) is 0.333. The van der Waals surface area contributed by atoms with E-state index in [2.05, 4.69) is 15.9 Å². The Bertz CT molecular complexity index is 1180. The van der Waals surface area contributed by atoms with E-state index in [1.807, 2.05) is 62.4 Å². The molecule has 2 aliphatic rings. The van der Waals surface area contributed by atoms with Crippen LogP contribution in [0.5, 0.6) is 5.75 Å². The number of hydrogen-bond acceptors (Lipinski definition) is 6. The molecule has 7 heteroatoms. The highest BCUT2D eigenvalue weighted by molar-refractivity contribution is 9.10. The quantitative estimate of drug-likeness (QED) is 0.499. The fourth-order valence-electron chi connectivity index (χ4n) is 4.52. The van der Waals surface area contributed by atoms with E-state index in [-0.39, 0.29) is 29.3 Å². The Hall–Kier alpha value is -3.06. The highest BCUT2D eigenvalue weighted by Gasteiger charge is 2.46. The van der Waals surface area contributed by atoms with Crippen LogP contribution >= 0.6 is 15.9 Å². The molecule has 0 saturated carbocycles. The van der Waals surface area contributed by atoms with E-state index in [9.17, 15) is 9.59 Å². The van der Waals surface area contributed by atoms with E-state index in [1.165, 1.54) is 0 Å². The summed E-state index contributed by atoms with van der Waals surface area (Å²) in [5.74, 6) is -0.414. The lowest BCUT2D eigenvalue weighted by atomic mass is 9.70. The topological polar surface area (TPSA) is 87.9 Å². The van der Waals surface area contributed by atoms with Crippen LogP contribution in [0.15, 0.2) is 75.8 Å². The van der Waals surface area contributed by atoms with Gasteiger partial charge in [-0.3, -0.25) is 4.79 Å². The van der Waals surface area contributed by atoms with E-state index in [0.717, 1.165) is 10.0 Å². The molecule has 2 aromatic carbocycles. The summed E-state index contributed by atoms with van der Waals surface area (Å²) in [6.07, 6.45) is 0.880. The van der Waals surface area contributed by atoms with Crippen LogP contribution in [0.2, 0.25) is 0 Å². The van der Waals surface area contributed by atoms with Crippen molar-refractivity contribution in [1.82, 2.24) is 0 Å². The predicted octanol–water partition coefficient (Wildman–Crippen LogP) is 5.52. The first-order valence-electron chi connectivity index (χ1n) is 11.3. The van der Waals surface area contributed by atoms with E-state index < -0.39 is 11.9 Å². The monoisotopic (exact) mass is 525 g/mol. The summed E-state index contributed by atoms with van der Waals surface area (Å²) in [5.41, 5.74) is 8.24. The van der Waals surface area contributed by atoms with Gasteiger partial charge in [0, 0.05) is 28.5 Å². The Morgan fingerprint density at radius 2 is 1.91 bits per heavy atom. The van der Waals surface area contributed by atoms with Crippen LogP contribution in [-0.2, 0) is 25.7 Å². The van der Waals surface area contributed by atoms with Crippen molar-refractivity contribution in [3.05, 3.63) is 86.9 Å². The third kappa shape index (κ3) is 4.89. The number of carbonyl (C=O) groups is 2. The van der Waals surface area contributed by atoms with Gasteiger partial charge in [0.1, 0.15) is 23.7 Å². The van der Waals surface area contributed by atoms with Crippen molar-refractivity contribution in [3.8, 4) is 5.75 Å². The van der Waals surface area contributed by atoms with Gasteiger partial charge in [0.2, 0.25) is 5.88 Å². The van der Waals surface area contributed by atoms with Crippen molar-refractivity contribution in [2.24, 2.45) is 11.1 Å². The largest absolute Gasteiger partial charge is 0.489 e. The second-order valence-corrected chi connectivity index (χ2v) is 10.2. The lowest BCUT2D eigenvalue weighted by Crippen LogP contribution is -2.35. The third-order valence-electron chi connectivity index (χ3n) is 5.97. The zero-order valence-electron chi connectivity index (χ0n) is 19.5. The molecule has 0 radical (unpaired) electrons. The standard InChI is InChI=1S/C27H28BrNO5/c1-4-32-26(31)24-22(23-19(30)13-27(2,3)14-21(23)34-25(24)29)18-12-17(28)10-11-20(18)33-15-16-8-6-5-7-9-16/h5-12,22H,4,13-15,29H2,1-3H3. The van der Waals surface area contributed by atoms with Gasteiger partial charge in [-0.05, 0) is 36.1 Å². The molecule has 0 spiro atoms. The maximum atomic E-state index is 13.4. The van der Waals surface area contributed by atoms with Gasteiger partial charge in [0.05, 0.1) is 12.5 Å². The third-order valence-corrected chi connectivity index (χ3v) is 6.46. The molecule has 0 bridgehead atoms. The number of nitrogens with two attached hydrogens (primary N) is 1. The van der Waals surface area contributed by atoms with Gasteiger partial charge in [-0.2, -0.15) is 0 Å². The summed E-state index contributed by atoms with van der Waals surface area (Å²) in [5, 5.41) is 0. The average Bonchev–Trinajstić information content (AvgIpc) is 2.77. The van der Waals surface area contributed by atoms with Crippen LogP contribution in [0.25, 0.3) is 0 Å². The summed E-state index contributed by atoms with van der Waals surface area (Å²) in [4.78, 5) is 26.5. The molecule has 34 heavy (non-hydrogen) atoms. The molecule has 0 aromatic heterocycles. The summed E-state index contributed by atoms with van der Waals surface area (Å²) >= 11 is 3.53. The molecular weight excluding hydrogens is 498 g/mol. The number of ether oxygens (including phenoxy) is 3. The number of Topliss-reactive ketones (excluding diaryl/α,β-unsaturated/α-hetero) is 1. The van der Waals surface area contributed by atoms with Crippen LogP contribution in [0.1, 0.15) is 50.7 Å². The molecule has 0 fully saturated rings. The summed E-state index contributed by atoms with van der Waals surface area (Å²) < 4.78 is 18.2. The molecule has 0 amide bonds. The fourth-order valence-corrected chi connectivity index (χ4v) is 4.89. The molecule has 4 rings (SSSR count). The van der Waals surface area contributed by atoms with Crippen molar-refractivity contribution in [2.45, 2.75) is 46.1 Å². The molecule has 1 aliphatic heterocycles. The van der Waals surface area contributed by atoms with E-state index in [0.29, 0.717) is 42.1 Å². The van der Waals surface area contributed by atoms with E-state index in [4.69, 9.17) is 19.9 Å². The zero-order chi connectivity index (χ0) is 24.5. The van der Waals surface area contributed by atoms with Crippen LogP contribution < -0.4 is 10.5 Å². The van der Waals surface area contributed by atoms with Gasteiger partial charge in [0.15, 0.2) is 5.78 Å². The minimum absolute atomic E-state index is 0.0401. The van der Waals surface area contributed by atoms with Gasteiger partial charge in [0.25, 0.3) is 0 Å². The first-order chi connectivity index (χ1) is 16.2. The van der Waals surface area contributed by atoms with Crippen molar-refractivity contribution in [2.75, 3.05) is 6.61 Å². The number of halogens is 1. The van der Waals surface area contributed by atoms with Gasteiger partial charge < -0.3 is 19.9 Å². The Kier molecular flexibility index (Phi) is 6.84. The highest BCUT2D eigenvalue weighted by atomic mass is 79.9. The van der Waals surface area contributed by atoms with Crippen molar-refractivity contribution in [3.63, 3.8) is 0 Å². The van der Waals surface area contributed by atoms with Crippen LogP contribution in [0.3, 0.4) is 0 Å². The number of hydrogen-bond donors (Lipinski definition) is 1. The smallest absolute Gasteiger partial charge is 0.340 e. The number of allylic oxidation sites excluding steroid dienone is 2. The Labute approximate surface area is 207 Å². The molecule has 1 atom stereocenters. The molecular formula is C27H28BrNO5. The number of benzene rings is 2. The van der Waals surface area contributed by atoms with Gasteiger partial charge >= 0.3 is 5.97 Å². The van der Waals surface area contributed by atoms with Gasteiger partial charge in [-0.15, -0.1) is 0 Å². The SMILES string of the molecule is CCOC(=O)C1=C(N)OC2=C(C(=O)CC(C)(C)C2)C1c1cc(Br)ccc1OCc1ccccc1. The van der Waals surface area contributed by atoms with Gasteiger partial charge in [-0.1, -0.05) is 60.1 Å². The molecule has 2 aromatic rings. The summed E-state index contributed by atoms with van der Waals surface area (Å²) in [7, 11) is 0. The zero-order valence-corrected chi connectivity index (χ0v) is 21.1. The normalized spacial score (nSPS) is 19.4. The van der Waals surface area contributed by atoms with E-state index >= 15 is 0 Å². The van der Waals surface area contributed by atoms with Crippen LogP contribution in [0, 0.1) is 5.41 Å². The summed E-state index contributed by atoms with van der Waals surface area (Å²) in [6.45, 7) is 6.26. The first kappa shape index (κ1) is 24.1. The number of ketones is 1. The van der Waals surface area contributed by atoms with Gasteiger partial charge in [-0.25, -0.2) is 4.79 Å². The molecule has 2 N–H and O–H groups in total. The first-order valence-corrected chi connectivity index (χ1v) is 12.1. The lowest BCUT2D eigenvalue weighted by molar-refractivity contribution is -0.139. The maximum Gasteiger partial charge on any atom is 0.340 e. The Morgan fingerprint density at radius 3 is 2.62 bits per heavy atom.